The molecule has 1 rings (SSSR count). The monoisotopic (exact) mass is 268 g/mol. The van der Waals surface area contributed by atoms with Gasteiger partial charge in [-0.15, -0.1) is 0 Å². The second-order valence-corrected chi connectivity index (χ2v) is 6.68. The van der Waals surface area contributed by atoms with E-state index in [9.17, 15) is 9.32 Å². The molecule has 0 bridgehead atoms. The first-order chi connectivity index (χ1) is 8.63. The molecule has 18 heavy (non-hydrogen) atoms. The number of aliphatic hydroxyl groups excluding tert-OH is 1. The zero-order chi connectivity index (χ0) is 13.4. The minimum atomic E-state index is -0.784. The molecule has 0 saturated carbocycles. The van der Waals surface area contributed by atoms with Crippen LogP contribution in [0.15, 0.2) is 30.3 Å². The van der Waals surface area contributed by atoms with Gasteiger partial charge in [-0.1, -0.05) is 44.2 Å². The number of rotatable bonds is 8. The summed E-state index contributed by atoms with van der Waals surface area (Å²) in [5.74, 6) is 2.22. The summed E-state index contributed by atoms with van der Waals surface area (Å²) in [7, 11) is -0.784. The lowest BCUT2D eigenvalue weighted by Gasteiger charge is -2.17. The van der Waals surface area contributed by atoms with Crippen LogP contribution in [-0.4, -0.2) is 21.7 Å². The summed E-state index contributed by atoms with van der Waals surface area (Å²) in [6, 6.07) is 9.96. The third-order valence-corrected chi connectivity index (χ3v) is 4.69. The van der Waals surface area contributed by atoms with Crippen LogP contribution in [0.4, 0.5) is 0 Å². The zero-order valence-electron chi connectivity index (χ0n) is 11.3. The van der Waals surface area contributed by atoms with Gasteiger partial charge in [0.2, 0.25) is 0 Å². The molecule has 0 saturated heterocycles. The van der Waals surface area contributed by atoms with Crippen molar-refractivity contribution in [2.45, 2.75) is 32.4 Å². The second-order valence-electron chi connectivity index (χ2n) is 5.10. The third-order valence-electron chi connectivity index (χ3n) is 3.29. The van der Waals surface area contributed by atoms with Crippen molar-refractivity contribution < 1.29 is 9.32 Å². The highest BCUT2D eigenvalue weighted by molar-refractivity contribution is 7.84. The van der Waals surface area contributed by atoms with Gasteiger partial charge in [-0.05, 0) is 30.2 Å². The number of hydrogen-bond donors (Lipinski definition) is 1. The Hall–Kier alpha value is -0.670. The number of hydrogen-bond acceptors (Lipinski definition) is 2. The van der Waals surface area contributed by atoms with Crippen LogP contribution in [0.25, 0.3) is 0 Å². The van der Waals surface area contributed by atoms with Gasteiger partial charge in [-0.2, -0.15) is 0 Å². The van der Waals surface area contributed by atoms with Crippen LogP contribution in [-0.2, 0) is 16.6 Å². The molecule has 0 heterocycles. The van der Waals surface area contributed by atoms with Gasteiger partial charge in [-0.3, -0.25) is 4.21 Å². The van der Waals surface area contributed by atoms with Crippen molar-refractivity contribution in [1.29, 1.82) is 0 Å². The summed E-state index contributed by atoms with van der Waals surface area (Å²) in [6.45, 7) is 4.49. The molecule has 0 spiro atoms. The van der Waals surface area contributed by atoms with Crippen molar-refractivity contribution in [3.63, 3.8) is 0 Å². The maximum Gasteiger partial charge on any atom is 0.0485 e. The Morgan fingerprint density at radius 1 is 1.22 bits per heavy atom. The van der Waals surface area contributed by atoms with Crippen molar-refractivity contribution in [1.82, 2.24) is 0 Å². The Balaban J connectivity index is 2.25. The van der Waals surface area contributed by atoms with E-state index in [0.29, 0.717) is 17.6 Å². The van der Waals surface area contributed by atoms with Crippen LogP contribution < -0.4 is 0 Å². The number of benzene rings is 1. The highest BCUT2D eigenvalue weighted by Gasteiger charge is 2.12. The fourth-order valence-electron chi connectivity index (χ4n) is 1.97. The summed E-state index contributed by atoms with van der Waals surface area (Å²) in [5, 5.41) is 9.22. The second kappa shape index (κ2) is 8.44. The van der Waals surface area contributed by atoms with Crippen LogP contribution in [0.2, 0.25) is 0 Å². The standard InChI is InChI=1S/C15H24O2S/c1-13(2)15(11-16)9-6-10-18(17)12-14-7-4-3-5-8-14/h3-5,7-8,13,15-16H,6,9-12H2,1-2H3/t15-,18+/m1/s1. The Kier molecular flexibility index (Phi) is 7.21. The molecule has 0 aliphatic heterocycles. The lowest BCUT2D eigenvalue weighted by molar-refractivity contribution is 0.180. The van der Waals surface area contributed by atoms with Crippen LogP contribution in [0.5, 0.6) is 0 Å². The van der Waals surface area contributed by atoms with Gasteiger partial charge >= 0.3 is 0 Å². The lowest BCUT2D eigenvalue weighted by atomic mass is 9.92. The van der Waals surface area contributed by atoms with E-state index in [-0.39, 0.29) is 6.61 Å². The first-order valence-electron chi connectivity index (χ1n) is 6.63. The van der Waals surface area contributed by atoms with Gasteiger partial charge in [0.1, 0.15) is 0 Å². The quantitative estimate of drug-likeness (QED) is 0.787. The molecule has 0 aliphatic rings. The van der Waals surface area contributed by atoms with E-state index in [1.54, 1.807) is 0 Å². The molecule has 0 amide bonds. The summed E-state index contributed by atoms with van der Waals surface area (Å²) in [5.41, 5.74) is 1.14. The summed E-state index contributed by atoms with van der Waals surface area (Å²) in [6.07, 6.45) is 1.90. The minimum absolute atomic E-state index is 0.239. The summed E-state index contributed by atoms with van der Waals surface area (Å²) in [4.78, 5) is 0. The van der Waals surface area contributed by atoms with E-state index >= 15 is 0 Å². The van der Waals surface area contributed by atoms with E-state index in [4.69, 9.17) is 0 Å². The van der Waals surface area contributed by atoms with Crippen LogP contribution in [0.1, 0.15) is 32.3 Å². The molecule has 1 N–H and O–H groups in total. The third kappa shape index (κ3) is 5.78. The summed E-state index contributed by atoms with van der Waals surface area (Å²) < 4.78 is 11.9. The maximum atomic E-state index is 11.9. The van der Waals surface area contributed by atoms with Crippen LogP contribution in [0, 0.1) is 11.8 Å². The van der Waals surface area contributed by atoms with Gasteiger partial charge in [0.25, 0.3) is 0 Å². The van der Waals surface area contributed by atoms with Crippen molar-refractivity contribution in [2.24, 2.45) is 11.8 Å². The van der Waals surface area contributed by atoms with Crippen molar-refractivity contribution in [3.05, 3.63) is 35.9 Å². The predicted molar refractivity (Wildman–Crippen MR) is 77.8 cm³/mol. The molecule has 0 radical (unpaired) electrons. The first-order valence-corrected chi connectivity index (χ1v) is 8.12. The minimum Gasteiger partial charge on any atom is -0.396 e. The lowest BCUT2D eigenvalue weighted by Crippen LogP contribution is -2.14. The normalized spacial score (nSPS) is 14.7. The van der Waals surface area contributed by atoms with Gasteiger partial charge in [-0.25, -0.2) is 0 Å². The number of aliphatic hydroxyl groups is 1. The highest BCUT2D eigenvalue weighted by Crippen LogP contribution is 2.16. The smallest absolute Gasteiger partial charge is 0.0485 e. The van der Waals surface area contributed by atoms with Crippen LogP contribution in [0.3, 0.4) is 0 Å². The molecule has 0 fully saturated rings. The Labute approximate surface area is 113 Å². The van der Waals surface area contributed by atoms with Crippen LogP contribution >= 0.6 is 0 Å². The molecule has 2 nitrogen and oxygen atoms in total. The van der Waals surface area contributed by atoms with E-state index in [1.165, 1.54) is 0 Å². The predicted octanol–water partition coefficient (Wildman–Crippen LogP) is 2.98. The summed E-state index contributed by atoms with van der Waals surface area (Å²) >= 11 is 0. The Bertz CT molecular complexity index is 349. The zero-order valence-corrected chi connectivity index (χ0v) is 12.2. The molecule has 1 aromatic carbocycles. The fraction of sp³-hybridized carbons (Fsp3) is 0.600. The molecular formula is C15H24O2S. The fourth-order valence-corrected chi connectivity index (χ4v) is 3.17. The molecular weight excluding hydrogens is 244 g/mol. The Morgan fingerprint density at radius 3 is 2.44 bits per heavy atom. The Morgan fingerprint density at radius 2 is 1.89 bits per heavy atom. The molecule has 0 aliphatic carbocycles. The largest absolute Gasteiger partial charge is 0.396 e. The SMILES string of the molecule is CC(C)[C@@H](CO)CCC[S@](=O)Cc1ccccc1. The van der Waals surface area contributed by atoms with E-state index < -0.39 is 10.8 Å². The maximum absolute atomic E-state index is 11.9. The highest BCUT2D eigenvalue weighted by atomic mass is 32.2. The van der Waals surface area contributed by atoms with E-state index in [0.717, 1.165) is 24.2 Å². The molecule has 0 aromatic heterocycles. The molecule has 102 valence electrons. The van der Waals surface area contributed by atoms with Gasteiger partial charge < -0.3 is 5.11 Å². The van der Waals surface area contributed by atoms with Crippen molar-refractivity contribution >= 4 is 10.8 Å². The van der Waals surface area contributed by atoms with Gasteiger partial charge in [0.05, 0.1) is 0 Å². The average molecular weight is 268 g/mol. The van der Waals surface area contributed by atoms with Crippen molar-refractivity contribution in [2.75, 3.05) is 12.4 Å². The van der Waals surface area contributed by atoms with Gasteiger partial charge in [0.15, 0.2) is 0 Å². The van der Waals surface area contributed by atoms with Gasteiger partial charge in [0, 0.05) is 28.9 Å². The average Bonchev–Trinajstić information content (AvgIpc) is 2.35. The molecule has 0 unspecified atom stereocenters. The van der Waals surface area contributed by atoms with E-state index in [2.05, 4.69) is 13.8 Å². The molecule has 1 aromatic rings. The van der Waals surface area contributed by atoms with E-state index in [1.807, 2.05) is 30.3 Å². The molecule has 2 atom stereocenters. The topological polar surface area (TPSA) is 37.3 Å². The first kappa shape index (κ1) is 15.4. The molecule has 3 heteroatoms. The van der Waals surface area contributed by atoms with Crippen molar-refractivity contribution in [3.8, 4) is 0 Å².